The summed E-state index contributed by atoms with van der Waals surface area (Å²) in [4.78, 5) is 28.4. The van der Waals surface area contributed by atoms with Crippen molar-refractivity contribution in [2.45, 2.75) is 83.5 Å². The number of aromatic carboxylic acids is 1. The van der Waals surface area contributed by atoms with Crippen molar-refractivity contribution in [2.75, 3.05) is 13.2 Å². The smallest absolute Gasteiger partial charge is 0.336 e. The van der Waals surface area contributed by atoms with Crippen LogP contribution in [0.2, 0.25) is 28.2 Å². The molecule has 2 aliphatic rings. The second-order valence-corrected chi connectivity index (χ2v) is 20.5. The normalized spacial score (nSPS) is 19.3. The van der Waals surface area contributed by atoms with Gasteiger partial charge in [-0.2, -0.15) is 0 Å². The van der Waals surface area contributed by atoms with E-state index in [2.05, 4.69) is 33.9 Å². The maximum atomic E-state index is 14.5. The molecule has 1 unspecified atom stereocenters. The number of benzene rings is 3. The largest absolute Gasteiger partial charge is 0.478 e. The Labute approximate surface area is 282 Å². The highest BCUT2D eigenvalue weighted by molar-refractivity contribution is 6.74. The molecule has 0 bridgehead atoms. The van der Waals surface area contributed by atoms with Crippen LogP contribution in [0.3, 0.4) is 0 Å². The summed E-state index contributed by atoms with van der Waals surface area (Å²) in [5.41, 5.74) is -0.188. The predicted octanol–water partition coefficient (Wildman–Crippen LogP) is 8.59. The van der Waals surface area contributed by atoms with Crippen LogP contribution in [-0.4, -0.2) is 48.5 Å². The summed E-state index contributed by atoms with van der Waals surface area (Å²) < 4.78 is 13.8. The molecule has 7 nitrogen and oxygen atoms in total. The van der Waals surface area contributed by atoms with Crippen LogP contribution in [0, 0.1) is 5.41 Å². The van der Waals surface area contributed by atoms with Crippen LogP contribution >= 0.6 is 23.2 Å². The highest BCUT2D eigenvalue weighted by atomic mass is 35.5. The van der Waals surface area contributed by atoms with Crippen LogP contribution in [0.4, 0.5) is 0 Å². The van der Waals surface area contributed by atoms with Crippen molar-refractivity contribution in [1.29, 1.82) is 0 Å². The fraction of sp³-hybridized carbons (Fsp3) is 0.444. The molecule has 246 valence electrons. The summed E-state index contributed by atoms with van der Waals surface area (Å²) in [7, 11) is -2.03. The van der Waals surface area contributed by atoms with Crippen LogP contribution in [0.15, 0.2) is 60.7 Å². The van der Waals surface area contributed by atoms with Gasteiger partial charge in [0.05, 0.1) is 24.3 Å². The van der Waals surface area contributed by atoms with Gasteiger partial charge in [-0.15, -0.1) is 0 Å². The van der Waals surface area contributed by atoms with Crippen molar-refractivity contribution in [2.24, 2.45) is 5.41 Å². The van der Waals surface area contributed by atoms with Crippen molar-refractivity contribution in [1.82, 2.24) is 4.90 Å². The first-order valence-electron chi connectivity index (χ1n) is 15.5. The van der Waals surface area contributed by atoms with Gasteiger partial charge in [-0.3, -0.25) is 9.69 Å². The minimum atomic E-state index is -2.03. The summed E-state index contributed by atoms with van der Waals surface area (Å²) in [6, 6.07) is 17.2. The lowest BCUT2D eigenvalue weighted by molar-refractivity contribution is -0.128. The second-order valence-electron chi connectivity index (χ2n) is 14.8. The summed E-state index contributed by atoms with van der Waals surface area (Å²) >= 11 is 12.5. The van der Waals surface area contributed by atoms with Gasteiger partial charge in [0.1, 0.15) is 0 Å². The number of ether oxygens (including phenoxy) is 1. The average Bonchev–Trinajstić information content (AvgIpc) is 3.71. The topological polar surface area (TPSA) is 96.3 Å². The first-order valence-corrected chi connectivity index (χ1v) is 19.2. The highest BCUT2D eigenvalue weighted by Gasteiger charge is 2.55. The molecule has 5 rings (SSSR count). The number of hydrogen-bond acceptors (Lipinski definition) is 5. The maximum absolute atomic E-state index is 14.5. The molecule has 3 aromatic carbocycles. The zero-order valence-electron chi connectivity index (χ0n) is 27.5. The lowest BCUT2D eigenvalue weighted by atomic mass is 9.89. The Morgan fingerprint density at radius 1 is 0.935 bits per heavy atom. The van der Waals surface area contributed by atoms with E-state index in [1.54, 1.807) is 49.1 Å². The number of aliphatic hydroxyl groups is 1. The molecule has 0 spiro atoms. The SMILES string of the molecule is CC(C)(O)c1ccc2c(c1)C(=O)N(Cc1ccc(Cl)cc1C(=O)O)C2(OCC1(CO[Si](C)(C)C(C)(C)C)CC1)c1ccc(Cl)cc1. The van der Waals surface area contributed by atoms with Gasteiger partial charge in [-0.25, -0.2) is 4.79 Å². The monoisotopic (exact) mass is 683 g/mol. The van der Waals surface area contributed by atoms with Crippen molar-refractivity contribution in [3.8, 4) is 0 Å². The van der Waals surface area contributed by atoms with Crippen molar-refractivity contribution in [3.05, 3.63) is 104 Å². The third kappa shape index (κ3) is 6.53. The number of rotatable bonds is 11. The minimum Gasteiger partial charge on any atom is -0.478 e. The lowest BCUT2D eigenvalue weighted by Crippen LogP contribution is -2.48. The number of hydrogen-bond donors (Lipinski definition) is 2. The van der Waals surface area contributed by atoms with Crippen molar-refractivity contribution < 1.29 is 29.0 Å². The second kappa shape index (κ2) is 12.1. The molecular formula is C36H43Cl2NO6Si. The van der Waals surface area contributed by atoms with E-state index >= 15 is 0 Å². The molecule has 1 heterocycles. The summed E-state index contributed by atoms with van der Waals surface area (Å²) in [5.74, 6) is -1.49. The molecule has 3 aromatic rings. The van der Waals surface area contributed by atoms with E-state index in [9.17, 15) is 19.8 Å². The van der Waals surface area contributed by atoms with Crippen LogP contribution in [0.1, 0.15) is 90.4 Å². The quantitative estimate of drug-likeness (QED) is 0.197. The predicted molar refractivity (Wildman–Crippen MR) is 183 cm³/mol. The summed E-state index contributed by atoms with van der Waals surface area (Å²) in [5, 5.41) is 21.8. The van der Waals surface area contributed by atoms with Crippen LogP contribution in [0.25, 0.3) is 0 Å². The van der Waals surface area contributed by atoms with Crippen molar-refractivity contribution >= 4 is 43.4 Å². The van der Waals surface area contributed by atoms with Gasteiger partial charge in [0, 0.05) is 38.8 Å². The molecular weight excluding hydrogens is 641 g/mol. The number of fused-ring (bicyclic) bond motifs is 1. The van der Waals surface area contributed by atoms with E-state index in [0.717, 1.165) is 12.8 Å². The summed E-state index contributed by atoms with van der Waals surface area (Å²) in [6.07, 6.45) is 1.86. The Morgan fingerprint density at radius 2 is 1.57 bits per heavy atom. The Balaban J connectivity index is 1.64. The van der Waals surface area contributed by atoms with Gasteiger partial charge in [-0.05, 0) is 86.3 Å². The first-order chi connectivity index (χ1) is 21.3. The van der Waals surface area contributed by atoms with Gasteiger partial charge < -0.3 is 19.4 Å². The van der Waals surface area contributed by atoms with Gasteiger partial charge in [0.2, 0.25) is 0 Å². The molecule has 1 aliphatic heterocycles. The van der Waals surface area contributed by atoms with Gasteiger partial charge in [-0.1, -0.05) is 74.3 Å². The molecule has 10 heteroatoms. The molecule has 1 aliphatic carbocycles. The molecule has 46 heavy (non-hydrogen) atoms. The van der Waals surface area contributed by atoms with E-state index in [0.29, 0.717) is 46.1 Å². The zero-order valence-corrected chi connectivity index (χ0v) is 30.1. The number of halogens is 2. The Kier molecular flexibility index (Phi) is 9.07. The van der Waals surface area contributed by atoms with E-state index < -0.39 is 25.6 Å². The van der Waals surface area contributed by atoms with Crippen LogP contribution in [0.5, 0.6) is 0 Å². The van der Waals surface area contributed by atoms with Crippen LogP contribution in [-0.2, 0) is 27.0 Å². The highest BCUT2D eigenvalue weighted by Crippen LogP contribution is 2.53. The zero-order chi connectivity index (χ0) is 33.9. The fourth-order valence-corrected chi connectivity index (χ4v) is 7.01. The maximum Gasteiger partial charge on any atom is 0.336 e. The van der Waals surface area contributed by atoms with Gasteiger partial charge in [0.25, 0.3) is 5.91 Å². The molecule has 0 radical (unpaired) electrons. The lowest BCUT2D eigenvalue weighted by Gasteiger charge is -2.41. The first kappa shape index (κ1) is 34.6. The number of amides is 1. The third-order valence-corrected chi connectivity index (χ3v) is 14.9. The van der Waals surface area contributed by atoms with Gasteiger partial charge >= 0.3 is 5.97 Å². The molecule has 1 fully saturated rings. The molecule has 1 amide bonds. The average molecular weight is 685 g/mol. The van der Waals surface area contributed by atoms with Crippen molar-refractivity contribution in [3.63, 3.8) is 0 Å². The molecule has 0 aromatic heterocycles. The number of carboxylic acids is 1. The van der Waals surface area contributed by atoms with E-state index in [4.69, 9.17) is 32.4 Å². The molecule has 1 atom stereocenters. The number of carbonyl (C=O) groups is 2. The Hall–Kier alpha value is -2.72. The van der Waals surface area contributed by atoms with E-state index in [1.165, 1.54) is 6.07 Å². The number of nitrogens with zero attached hydrogens (tertiary/aromatic N) is 1. The molecule has 2 N–H and O–H groups in total. The third-order valence-electron chi connectivity index (χ3n) is 9.90. The summed E-state index contributed by atoms with van der Waals surface area (Å²) in [6.45, 7) is 15.3. The fourth-order valence-electron chi connectivity index (χ4n) is 5.61. The Morgan fingerprint density at radius 3 is 2.13 bits per heavy atom. The van der Waals surface area contributed by atoms with E-state index in [1.807, 2.05) is 24.3 Å². The number of carbonyl (C=O) groups excluding carboxylic acids is 1. The minimum absolute atomic E-state index is 0.000115. The molecule has 0 saturated heterocycles. The van der Waals surface area contributed by atoms with Crippen LogP contribution < -0.4 is 0 Å². The standard InChI is InChI=1S/C36H43Cl2NO6Si/c1-33(2,3)46(6,7)45-22-35(16-17-35)21-44-36(24-9-13-26(37)14-10-24)30-15-11-25(34(4,5)43)18-29(30)31(40)39(36)20-23-8-12-27(38)19-28(23)32(41)42/h8-15,18-19,43H,16-17,20-22H2,1-7H3,(H,41,42). The Bertz CT molecular complexity index is 1660. The van der Waals surface area contributed by atoms with E-state index in [-0.39, 0.29) is 33.5 Å². The molecule has 1 saturated carbocycles. The van der Waals surface area contributed by atoms with Gasteiger partial charge in [0.15, 0.2) is 14.0 Å². The number of carboxylic acid groups (broad SMARTS) is 1.